The maximum Gasteiger partial charge on any atom is 0.242 e. The number of hydrogen-bond acceptors (Lipinski definition) is 2. The van der Waals surface area contributed by atoms with Gasteiger partial charge in [-0.05, 0) is 31.4 Å². The van der Waals surface area contributed by atoms with Crippen molar-refractivity contribution in [1.29, 1.82) is 0 Å². The van der Waals surface area contributed by atoms with Gasteiger partial charge in [-0.1, -0.05) is 43.1 Å². The minimum absolute atomic E-state index is 0.0206. The molecule has 6 heteroatoms. The Morgan fingerprint density at radius 1 is 1.06 bits per heavy atom. The van der Waals surface area contributed by atoms with Gasteiger partial charge in [0, 0.05) is 6.04 Å². The zero-order chi connectivity index (χ0) is 14.1. The van der Waals surface area contributed by atoms with Crippen molar-refractivity contribution in [2.75, 3.05) is 0 Å². The van der Waals surface area contributed by atoms with E-state index in [2.05, 4.69) is 4.72 Å². The molecule has 0 unspecified atom stereocenters. The summed E-state index contributed by atoms with van der Waals surface area (Å²) in [5.41, 5.74) is 0.838. The van der Waals surface area contributed by atoms with Gasteiger partial charge in [0.05, 0.1) is 10.0 Å². The summed E-state index contributed by atoms with van der Waals surface area (Å²) in [6, 6.07) is 3.00. The molecule has 1 aromatic rings. The number of sulfonamides is 1. The summed E-state index contributed by atoms with van der Waals surface area (Å²) in [4.78, 5) is 0.0206. The Bertz CT molecular complexity index is 539. The third-order valence-corrected chi connectivity index (χ3v) is 5.09. The predicted molar refractivity (Wildman–Crippen MR) is 76.0 cm³/mol. The van der Waals surface area contributed by atoms with Crippen LogP contribution in [0.15, 0.2) is 17.0 Å². The first-order chi connectivity index (χ1) is 8.16. The third-order valence-electron chi connectivity index (χ3n) is 2.38. The van der Waals surface area contributed by atoms with E-state index in [0.717, 1.165) is 5.56 Å². The van der Waals surface area contributed by atoms with Gasteiger partial charge >= 0.3 is 0 Å². The summed E-state index contributed by atoms with van der Waals surface area (Å²) in [5.74, 6) is 0.185. The summed E-state index contributed by atoms with van der Waals surface area (Å²) >= 11 is 12.2. The molecule has 0 saturated heterocycles. The standard InChI is InChI=1S/C12H17Cl2NO2S/c1-7(2)9-5-6-10(12(14)11(9)13)18(16,17)15-8(3)4/h5-8,15H,1-4H3. The van der Waals surface area contributed by atoms with E-state index in [1.54, 1.807) is 19.9 Å². The molecule has 0 heterocycles. The van der Waals surface area contributed by atoms with E-state index in [9.17, 15) is 8.42 Å². The maximum absolute atomic E-state index is 12.0. The largest absolute Gasteiger partial charge is 0.242 e. The van der Waals surface area contributed by atoms with Crippen molar-refractivity contribution in [3.63, 3.8) is 0 Å². The number of benzene rings is 1. The Morgan fingerprint density at radius 2 is 1.61 bits per heavy atom. The van der Waals surface area contributed by atoms with Crippen molar-refractivity contribution in [3.05, 3.63) is 27.7 Å². The molecule has 18 heavy (non-hydrogen) atoms. The molecule has 0 radical (unpaired) electrons. The van der Waals surface area contributed by atoms with Crippen LogP contribution in [0.25, 0.3) is 0 Å². The first-order valence-corrected chi connectivity index (χ1v) is 7.91. The SMILES string of the molecule is CC(C)NS(=O)(=O)c1ccc(C(C)C)c(Cl)c1Cl. The minimum Gasteiger partial charge on any atom is -0.209 e. The lowest BCUT2D eigenvalue weighted by atomic mass is 10.0. The van der Waals surface area contributed by atoms with Gasteiger partial charge in [-0.3, -0.25) is 0 Å². The molecule has 0 saturated carbocycles. The van der Waals surface area contributed by atoms with E-state index in [-0.39, 0.29) is 21.9 Å². The van der Waals surface area contributed by atoms with Crippen LogP contribution in [0.1, 0.15) is 39.2 Å². The smallest absolute Gasteiger partial charge is 0.209 e. The molecule has 0 aliphatic rings. The highest BCUT2D eigenvalue weighted by molar-refractivity contribution is 7.89. The molecule has 1 N–H and O–H groups in total. The molecule has 0 aromatic heterocycles. The molecule has 0 aliphatic heterocycles. The van der Waals surface area contributed by atoms with Gasteiger partial charge in [0.25, 0.3) is 0 Å². The molecular formula is C12H17Cl2NO2S. The van der Waals surface area contributed by atoms with Crippen LogP contribution < -0.4 is 4.72 Å². The Labute approximate surface area is 119 Å². The molecule has 0 spiro atoms. The van der Waals surface area contributed by atoms with E-state index in [1.807, 2.05) is 13.8 Å². The highest BCUT2D eigenvalue weighted by Crippen LogP contribution is 2.35. The summed E-state index contributed by atoms with van der Waals surface area (Å²) in [6.45, 7) is 7.43. The van der Waals surface area contributed by atoms with Crippen LogP contribution in [-0.4, -0.2) is 14.5 Å². The predicted octanol–water partition coefficient (Wildman–Crippen LogP) is 3.80. The van der Waals surface area contributed by atoms with Gasteiger partial charge in [-0.2, -0.15) is 0 Å². The first-order valence-electron chi connectivity index (χ1n) is 5.67. The van der Waals surface area contributed by atoms with Crippen LogP contribution in [-0.2, 0) is 10.0 Å². The summed E-state index contributed by atoms with van der Waals surface area (Å²) in [7, 11) is -3.62. The Morgan fingerprint density at radius 3 is 2.06 bits per heavy atom. The number of halogens is 2. The summed E-state index contributed by atoms with van der Waals surface area (Å²) < 4.78 is 26.6. The summed E-state index contributed by atoms with van der Waals surface area (Å²) in [5, 5.41) is 0.384. The van der Waals surface area contributed by atoms with Gasteiger partial charge in [0.2, 0.25) is 10.0 Å². The van der Waals surface area contributed by atoms with Gasteiger partial charge < -0.3 is 0 Å². The van der Waals surface area contributed by atoms with Crippen LogP contribution in [0.2, 0.25) is 10.0 Å². The van der Waals surface area contributed by atoms with Crippen LogP contribution in [0, 0.1) is 0 Å². The Kier molecular flexibility index (Phi) is 5.06. The third kappa shape index (κ3) is 3.38. The molecule has 0 bridgehead atoms. The molecule has 3 nitrogen and oxygen atoms in total. The van der Waals surface area contributed by atoms with Gasteiger partial charge in [0.15, 0.2) is 0 Å². The molecule has 0 amide bonds. The zero-order valence-corrected chi connectivity index (χ0v) is 13.1. The van der Waals surface area contributed by atoms with E-state index < -0.39 is 10.0 Å². The highest BCUT2D eigenvalue weighted by atomic mass is 35.5. The van der Waals surface area contributed by atoms with E-state index >= 15 is 0 Å². The molecule has 102 valence electrons. The fourth-order valence-corrected chi connectivity index (χ4v) is 3.82. The lowest BCUT2D eigenvalue weighted by molar-refractivity contribution is 0.570. The lowest BCUT2D eigenvalue weighted by Gasteiger charge is -2.15. The second kappa shape index (κ2) is 5.78. The molecule has 1 aromatic carbocycles. The van der Waals surface area contributed by atoms with Crippen molar-refractivity contribution in [2.45, 2.75) is 44.6 Å². The van der Waals surface area contributed by atoms with E-state index in [0.29, 0.717) is 5.02 Å². The van der Waals surface area contributed by atoms with Crippen molar-refractivity contribution < 1.29 is 8.42 Å². The van der Waals surface area contributed by atoms with Gasteiger partial charge in [-0.15, -0.1) is 0 Å². The van der Waals surface area contributed by atoms with Crippen molar-refractivity contribution in [2.24, 2.45) is 0 Å². The normalized spacial score (nSPS) is 12.4. The fourth-order valence-electron chi connectivity index (χ4n) is 1.57. The zero-order valence-electron chi connectivity index (χ0n) is 10.8. The molecular weight excluding hydrogens is 293 g/mol. The quantitative estimate of drug-likeness (QED) is 0.919. The van der Waals surface area contributed by atoms with Crippen LogP contribution in [0.3, 0.4) is 0 Å². The number of rotatable bonds is 4. The van der Waals surface area contributed by atoms with Gasteiger partial charge in [0.1, 0.15) is 4.90 Å². The lowest BCUT2D eigenvalue weighted by Crippen LogP contribution is -2.30. The van der Waals surface area contributed by atoms with Gasteiger partial charge in [-0.25, -0.2) is 13.1 Å². The average molecular weight is 310 g/mol. The topological polar surface area (TPSA) is 46.2 Å². The summed E-state index contributed by atoms with van der Waals surface area (Å²) in [6.07, 6.45) is 0. The Hall–Kier alpha value is -0.290. The van der Waals surface area contributed by atoms with E-state index in [4.69, 9.17) is 23.2 Å². The molecule has 0 aliphatic carbocycles. The van der Waals surface area contributed by atoms with Crippen molar-refractivity contribution in [3.8, 4) is 0 Å². The molecule has 1 rings (SSSR count). The van der Waals surface area contributed by atoms with Crippen molar-refractivity contribution in [1.82, 2.24) is 4.72 Å². The monoisotopic (exact) mass is 309 g/mol. The molecule has 0 fully saturated rings. The minimum atomic E-state index is -3.62. The first kappa shape index (κ1) is 15.8. The van der Waals surface area contributed by atoms with E-state index in [1.165, 1.54) is 6.07 Å². The van der Waals surface area contributed by atoms with Crippen LogP contribution >= 0.6 is 23.2 Å². The fraction of sp³-hybridized carbons (Fsp3) is 0.500. The van der Waals surface area contributed by atoms with Crippen molar-refractivity contribution >= 4 is 33.2 Å². The molecule has 0 atom stereocenters. The Balaban J connectivity index is 3.33. The second-order valence-electron chi connectivity index (χ2n) is 4.71. The number of nitrogens with one attached hydrogen (secondary N) is 1. The average Bonchev–Trinajstić information content (AvgIpc) is 2.18. The highest BCUT2D eigenvalue weighted by Gasteiger charge is 2.22. The second-order valence-corrected chi connectivity index (χ2v) is 7.15. The maximum atomic E-state index is 12.0. The van der Waals surface area contributed by atoms with Crippen LogP contribution in [0.4, 0.5) is 0 Å². The van der Waals surface area contributed by atoms with Crippen LogP contribution in [0.5, 0.6) is 0 Å². The number of hydrogen-bond donors (Lipinski definition) is 1.